The highest BCUT2D eigenvalue weighted by molar-refractivity contribution is 7.97. The summed E-state index contributed by atoms with van der Waals surface area (Å²) >= 11 is -2.98. The molecule has 0 saturated heterocycles. The number of hydrogen-bond acceptors (Lipinski definition) is 5. The van der Waals surface area contributed by atoms with Crippen molar-refractivity contribution in [3.63, 3.8) is 0 Å². The van der Waals surface area contributed by atoms with Gasteiger partial charge in [-0.1, -0.05) is 80.4 Å². The van der Waals surface area contributed by atoms with E-state index in [4.69, 9.17) is 0 Å². The third-order valence-corrected chi connectivity index (χ3v) is 12.0. The zero-order chi connectivity index (χ0) is 33.3. The first-order valence-electron chi connectivity index (χ1n) is 15.5. The van der Waals surface area contributed by atoms with Crippen LogP contribution in [0, 0.1) is 23.2 Å². The molecule has 5 nitrogen and oxygen atoms in total. The Kier molecular flexibility index (Phi) is 10.2. The molecule has 0 N–H and O–H groups in total. The van der Waals surface area contributed by atoms with E-state index in [-0.39, 0.29) is 52.7 Å². The number of hydrogen-bond donors (Lipinski definition) is 0. The number of benzene rings is 3. The van der Waals surface area contributed by atoms with E-state index in [1.54, 1.807) is 0 Å². The molecule has 0 amide bonds. The number of esters is 1. The average Bonchev–Trinajstić information content (AvgIpc) is 3.00. The molecule has 0 aliphatic heterocycles. The highest BCUT2D eigenvalue weighted by Crippen LogP contribution is 2.59. The Morgan fingerprint density at radius 3 is 1.78 bits per heavy atom. The van der Waals surface area contributed by atoms with Crippen LogP contribution in [0.25, 0.3) is 0 Å². The van der Waals surface area contributed by atoms with Gasteiger partial charge in [-0.3, -0.25) is 13.8 Å². The fraction of sp³-hybridized carbons (Fsp3) is 0.444. The Morgan fingerprint density at radius 2 is 1.35 bits per heavy atom. The van der Waals surface area contributed by atoms with Gasteiger partial charge in [-0.2, -0.15) is 13.2 Å². The summed E-state index contributed by atoms with van der Waals surface area (Å²) in [5.74, 6) is -2.58. The summed E-state index contributed by atoms with van der Waals surface area (Å²) in [4.78, 5) is 28.6. The van der Waals surface area contributed by atoms with Crippen molar-refractivity contribution >= 4 is 33.7 Å². The first-order valence-corrected chi connectivity index (χ1v) is 18.0. The van der Waals surface area contributed by atoms with E-state index in [2.05, 4.69) is 110 Å². The maximum atomic E-state index is 12.9. The second-order valence-corrected chi connectivity index (χ2v) is 16.6. The van der Waals surface area contributed by atoms with E-state index in [0.717, 1.165) is 0 Å². The fourth-order valence-electron chi connectivity index (χ4n) is 7.18. The van der Waals surface area contributed by atoms with Crippen molar-refractivity contribution in [1.29, 1.82) is 0 Å². The summed E-state index contributed by atoms with van der Waals surface area (Å²) in [5, 5.41) is 0. The Bertz CT molecular complexity index is 1480. The van der Waals surface area contributed by atoms with Crippen molar-refractivity contribution in [2.24, 2.45) is 23.2 Å². The molecule has 0 heterocycles. The van der Waals surface area contributed by atoms with Crippen molar-refractivity contribution < 1.29 is 36.3 Å². The molecule has 7 rings (SSSR count). The van der Waals surface area contributed by atoms with Gasteiger partial charge in [-0.25, -0.2) is 0 Å². The molecule has 10 heteroatoms. The third kappa shape index (κ3) is 7.77. The van der Waals surface area contributed by atoms with Crippen LogP contribution >= 0.6 is 0 Å². The molecular weight excluding hydrogens is 634 g/mol. The molecule has 46 heavy (non-hydrogen) atoms. The maximum absolute atomic E-state index is 12.9. The van der Waals surface area contributed by atoms with Crippen LogP contribution < -0.4 is 0 Å². The highest BCUT2D eigenvalue weighted by atomic mass is 32.2. The second kappa shape index (κ2) is 13.6. The molecule has 4 saturated carbocycles. The lowest BCUT2D eigenvalue weighted by molar-refractivity contribution is -0.226. The number of ketones is 1. The number of rotatable bonds is 7. The predicted molar refractivity (Wildman–Crippen MR) is 171 cm³/mol. The topological polar surface area (TPSA) is 83.5 Å². The Balaban J connectivity index is 0.000000181. The molecule has 4 fully saturated rings. The van der Waals surface area contributed by atoms with E-state index >= 15 is 0 Å². The summed E-state index contributed by atoms with van der Waals surface area (Å²) < 4.78 is 64.4. The van der Waals surface area contributed by atoms with Crippen molar-refractivity contribution in [3.05, 3.63) is 90.5 Å². The standard InChI is InChI=1S/C22H23S.C14H17F3O5S/c1-22(2,3)18-14-16-21(17-15-18)23(19-10-6-4-7-11-19)20-12-8-5-9-13-20;15-14(16,17)10(6-23(20)21)22-12(19)13-3-7-1-8(4-13)11(18)9(2-7)5-13/h4-17H,1-3H3;7-10H,1-6H2,(H,20,21)/q+1;/p-1. The molecule has 4 bridgehead atoms. The lowest BCUT2D eigenvalue weighted by Gasteiger charge is -2.54. The van der Waals surface area contributed by atoms with Crippen molar-refractivity contribution in [3.8, 4) is 0 Å². The van der Waals surface area contributed by atoms with Gasteiger partial charge in [0.25, 0.3) is 0 Å². The maximum Gasteiger partial charge on any atom is 0.426 e. The Hall–Kier alpha value is -2.95. The fourth-order valence-corrected chi connectivity index (χ4v) is 9.77. The molecule has 3 aromatic carbocycles. The zero-order valence-corrected chi connectivity index (χ0v) is 27.8. The van der Waals surface area contributed by atoms with Gasteiger partial charge in [0.05, 0.1) is 22.1 Å². The monoisotopic (exact) mass is 672 g/mol. The SMILES string of the molecule is CC(C)(C)c1ccc([S+](c2ccccc2)c2ccccc2)cc1.O=C1C2CC3CC1CC(C(=O)OC(CS(=O)[O-])C(F)(F)F)(C3)C2. The van der Waals surface area contributed by atoms with Crippen LogP contribution in [0.1, 0.15) is 58.4 Å². The first kappa shape index (κ1) is 34.4. The number of ether oxygens (including phenoxy) is 1. The minimum absolute atomic E-state index is 0.0497. The van der Waals surface area contributed by atoms with E-state index in [1.807, 2.05) is 0 Å². The quantitative estimate of drug-likeness (QED) is 0.145. The Labute approximate surface area is 274 Å². The predicted octanol–water partition coefficient (Wildman–Crippen LogP) is 7.81. The van der Waals surface area contributed by atoms with Crippen LogP contribution in [-0.2, 0) is 41.7 Å². The summed E-state index contributed by atoms with van der Waals surface area (Å²) in [6.07, 6.45) is -5.33. The number of halogens is 3. The van der Waals surface area contributed by atoms with Gasteiger partial charge in [-0.05, 0) is 85.4 Å². The van der Waals surface area contributed by atoms with Gasteiger partial charge in [0.1, 0.15) is 5.78 Å². The number of carbonyl (C=O) groups excluding carboxylic acids is 2. The first-order chi connectivity index (χ1) is 21.7. The third-order valence-electron chi connectivity index (χ3n) is 9.24. The smallest absolute Gasteiger partial charge is 0.426 e. The van der Waals surface area contributed by atoms with Crippen molar-refractivity contribution in [1.82, 2.24) is 0 Å². The van der Waals surface area contributed by atoms with Crippen molar-refractivity contribution in [2.75, 3.05) is 5.75 Å². The molecular formula is C36H39F3O5S2. The molecule has 4 atom stereocenters. The zero-order valence-electron chi connectivity index (χ0n) is 26.1. The normalized spacial score (nSPS) is 25.0. The van der Waals surface area contributed by atoms with Crippen LogP contribution in [0.4, 0.5) is 13.2 Å². The lowest BCUT2D eigenvalue weighted by atomic mass is 9.49. The summed E-state index contributed by atoms with van der Waals surface area (Å²) in [5.41, 5.74) is 0.514. The molecule has 246 valence electrons. The van der Waals surface area contributed by atoms with E-state index in [0.29, 0.717) is 19.3 Å². The molecule has 0 radical (unpaired) electrons. The van der Waals surface area contributed by atoms with Gasteiger partial charge >= 0.3 is 12.1 Å². The molecule has 0 aromatic heterocycles. The van der Waals surface area contributed by atoms with Crippen LogP contribution in [0.15, 0.2) is 99.6 Å². The molecule has 4 unspecified atom stereocenters. The van der Waals surface area contributed by atoms with E-state index in [1.165, 1.54) is 20.2 Å². The molecule has 0 spiro atoms. The van der Waals surface area contributed by atoms with Gasteiger partial charge < -0.3 is 9.29 Å². The number of alkyl halides is 3. The Morgan fingerprint density at radius 1 is 0.870 bits per heavy atom. The minimum Gasteiger partial charge on any atom is -0.772 e. The summed E-state index contributed by atoms with van der Waals surface area (Å²) in [6.45, 7) is 6.78. The van der Waals surface area contributed by atoms with Crippen LogP contribution in [0.3, 0.4) is 0 Å². The average molecular weight is 673 g/mol. The van der Waals surface area contributed by atoms with Crippen LogP contribution in [0.2, 0.25) is 0 Å². The van der Waals surface area contributed by atoms with E-state index < -0.39 is 40.5 Å². The molecule has 4 aliphatic rings. The van der Waals surface area contributed by atoms with E-state index in [9.17, 15) is 31.5 Å². The number of Topliss-reactive ketones (excluding diaryl/α,β-unsaturated/α-hetero) is 1. The second-order valence-electron chi connectivity index (χ2n) is 13.6. The van der Waals surface area contributed by atoms with Crippen LogP contribution in [-0.4, -0.2) is 38.5 Å². The summed E-state index contributed by atoms with van der Waals surface area (Å²) in [6, 6.07) is 30.7. The highest BCUT2D eigenvalue weighted by Gasteiger charge is 2.60. The molecule has 4 aliphatic carbocycles. The minimum atomic E-state index is -4.94. The summed E-state index contributed by atoms with van der Waals surface area (Å²) in [7, 11) is -0.0497. The van der Waals surface area contributed by atoms with Gasteiger partial charge in [-0.15, -0.1) is 0 Å². The van der Waals surface area contributed by atoms with Gasteiger partial charge in [0.15, 0.2) is 14.7 Å². The molecule has 3 aromatic rings. The lowest BCUT2D eigenvalue weighted by Crippen LogP contribution is -2.56. The van der Waals surface area contributed by atoms with Crippen molar-refractivity contribution in [2.45, 2.75) is 85.3 Å². The van der Waals surface area contributed by atoms with Gasteiger partial charge in [0, 0.05) is 11.8 Å². The largest absolute Gasteiger partial charge is 0.772 e. The van der Waals surface area contributed by atoms with Gasteiger partial charge in [0.2, 0.25) is 6.10 Å². The number of carbonyl (C=O) groups is 2. The van der Waals surface area contributed by atoms with Crippen LogP contribution in [0.5, 0.6) is 0 Å².